The maximum absolute atomic E-state index is 12.0. The van der Waals surface area contributed by atoms with Crippen molar-refractivity contribution in [3.8, 4) is 0 Å². The molecule has 30 heavy (non-hydrogen) atoms. The molecule has 0 aromatic rings. The zero-order valence-electron chi connectivity index (χ0n) is 20.8. The van der Waals surface area contributed by atoms with Crippen molar-refractivity contribution in [2.24, 2.45) is 22.7 Å². The van der Waals surface area contributed by atoms with Gasteiger partial charge in [0.05, 0.1) is 5.92 Å². The van der Waals surface area contributed by atoms with Gasteiger partial charge in [-0.1, -0.05) is 112 Å². The Bertz CT molecular complexity index is 470. The first-order valence-electron chi connectivity index (χ1n) is 12.3. The molecule has 0 spiro atoms. The molecular formula is C26H50O4. The van der Waals surface area contributed by atoms with Gasteiger partial charge in [-0.25, -0.2) is 0 Å². The van der Waals surface area contributed by atoms with Gasteiger partial charge in [-0.15, -0.1) is 0 Å². The summed E-state index contributed by atoms with van der Waals surface area (Å²) >= 11 is 0. The highest BCUT2D eigenvalue weighted by Gasteiger charge is 2.42. The van der Waals surface area contributed by atoms with E-state index >= 15 is 0 Å². The van der Waals surface area contributed by atoms with Crippen LogP contribution in [0.3, 0.4) is 0 Å². The molecule has 0 rings (SSSR count). The molecule has 0 amide bonds. The van der Waals surface area contributed by atoms with Crippen LogP contribution in [0.15, 0.2) is 0 Å². The molecule has 2 atom stereocenters. The molecule has 0 aromatic carbocycles. The lowest BCUT2D eigenvalue weighted by Crippen LogP contribution is -2.41. The summed E-state index contributed by atoms with van der Waals surface area (Å²) in [7, 11) is 0. The first-order valence-corrected chi connectivity index (χ1v) is 12.3. The summed E-state index contributed by atoms with van der Waals surface area (Å²) in [5, 5.41) is 18.5. The first kappa shape index (κ1) is 28.9. The van der Waals surface area contributed by atoms with E-state index in [4.69, 9.17) is 5.11 Å². The van der Waals surface area contributed by atoms with Crippen LogP contribution >= 0.6 is 0 Å². The van der Waals surface area contributed by atoms with Gasteiger partial charge in [0.2, 0.25) is 0 Å². The summed E-state index contributed by atoms with van der Waals surface area (Å²) in [5.41, 5.74) is -0.218. The lowest BCUT2D eigenvalue weighted by Gasteiger charge is -2.41. The van der Waals surface area contributed by atoms with Crippen LogP contribution in [0.5, 0.6) is 0 Å². The highest BCUT2D eigenvalue weighted by molar-refractivity contribution is 5.71. The Labute approximate surface area is 186 Å². The second-order valence-corrected chi connectivity index (χ2v) is 11.3. The number of rotatable bonds is 17. The van der Waals surface area contributed by atoms with E-state index < -0.39 is 11.9 Å². The molecule has 2 N–H and O–H groups in total. The van der Waals surface area contributed by atoms with Gasteiger partial charge >= 0.3 is 11.9 Å². The molecule has 0 radical (unpaired) electrons. The highest BCUT2D eigenvalue weighted by Crippen LogP contribution is 2.44. The Kier molecular flexibility index (Phi) is 14.3. The molecular weight excluding hydrogens is 376 g/mol. The van der Waals surface area contributed by atoms with Crippen molar-refractivity contribution in [2.75, 3.05) is 0 Å². The average molecular weight is 427 g/mol. The van der Waals surface area contributed by atoms with Crippen LogP contribution in [0.2, 0.25) is 0 Å². The van der Waals surface area contributed by atoms with Crippen molar-refractivity contribution in [1.82, 2.24) is 0 Å². The topological polar surface area (TPSA) is 74.6 Å². The van der Waals surface area contributed by atoms with Gasteiger partial charge in [-0.05, 0) is 29.6 Å². The average Bonchev–Trinajstić information content (AvgIpc) is 2.58. The number of aliphatic carboxylic acids is 2. The summed E-state index contributed by atoms with van der Waals surface area (Å²) in [4.78, 5) is 22.4. The summed E-state index contributed by atoms with van der Waals surface area (Å²) in [6.07, 6.45) is 15.6. The Morgan fingerprint density at radius 1 is 0.600 bits per heavy atom. The molecule has 0 bridgehead atoms. The second kappa shape index (κ2) is 14.9. The number of unbranched alkanes of at least 4 members (excludes halogenated alkanes) is 11. The third kappa shape index (κ3) is 14.0. The SMILES string of the molecule is CC(C)(C)C(CCCCCCCCCCCCCCC(=O)O)C(C(=O)O)C(C)(C)C. The van der Waals surface area contributed by atoms with Crippen LogP contribution in [-0.2, 0) is 9.59 Å². The minimum absolute atomic E-state index is 0.00393. The van der Waals surface area contributed by atoms with Gasteiger partial charge in [0, 0.05) is 6.42 Å². The van der Waals surface area contributed by atoms with E-state index in [1.807, 2.05) is 0 Å². The molecule has 0 saturated heterocycles. The fourth-order valence-corrected chi connectivity index (χ4v) is 4.65. The molecule has 0 aliphatic heterocycles. The Hall–Kier alpha value is -1.06. The molecule has 178 valence electrons. The maximum atomic E-state index is 12.0. The van der Waals surface area contributed by atoms with E-state index in [1.54, 1.807) is 0 Å². The van der Waals surface area contributed by atoms with E-state index in [0.29, 0.717) is 6.42 Å². The Balaban J connectivity index is 3.91. The molecule has 0 aliphatic carbocycles. The van der Waals surface area contributed by atoms with Gasteiger partial charge in [0.25, 0.3) is 0 Å². The standard InChI is InChI=1S/C26H50O4/c1-25(2,3)21(23(24(29)30)26(4,5)6)19-17-15-13-11-9-7-8-10-12-14-16-18-20-22(27)28/h21,23H,7-20H2,1-6H3,(H,27,28)(H,29,30). The van der Waals surface area contributed by atoms with E-state index in [-0.39, 0.29) is 22.7 Å². The van der Waals surface area contributed by atoms with Crippen molar-refractivity contribution in [3.05, 3.63) is 0 Å². The van der Waals surface area contributed by atoms with Crippen LogP contribution in [0.25, 0.3) is 0 Å². The lowest BCUT2D eigenvalue weighted by atomic mass is 9.62. The minimum atomic E-state index is -0.681. The zero-order chi connectivity index (χ0) is 23.2. The smallest absolute Gasteiger partial charge is 0.307 e. The highest BCUT2D eigenvalue weighted by atomic mass is 16.4. The number of carbonyl (C=O) groups is 2. The Morgan fingerprint density at radius 2 is 0.967 bits per heavy atom. The molecule has 0 fully saturated rings. The van der Waals surface area contributed by atoms with Gasteiger partial charge in [-0.3, -0.25) is 9.59 Å². The fourth-order valence-electron chi connectivity index (χ4n) is 4.65. The second-order valence-electron chi connectivity index (χ2n) is 11.3. The molecule has 4 heteroatoms. The van der Waals surface area contributed by atoms with Crippen molar-refractivity contribution in [2.45, 2.75) is 131 Å². The molecule has 4 nitrogen and oxygen atoms in total. The molecule has 0 heterocycles. The largest absolute Gasteiger partial charge is 0.481 e. The van der Waals surface area contributed by atoms with Crippen LogP contribution in [0.4, 0.5) is 0 Å². The molecule has 0 aliphatic rings. The van der Waals surface area contributed by atoms with E-state index in [2.05, 4.69) is 41.5 Å². The van der Waals surface area contributed by atoms with Gasteiger partial charge in [0.1, 0.15) is 0 Å². The number of carboxylic acid groups (broad SMARTS) is 2. The predicted octanol–water partition coefficient (Wildman–Crippen LogP) is 7.94. The monoisotopic (exact) mass is 426 g/mol. The Morgan fingerprint density at radius 3 is 1.27 bits per heavy atom. The predicted molar refractivity (Wildman–Crippen MR) is 126 cm³/mol. The lowest BCUT2D eigenvalue weighted by molar-refractivity contribution is -0.151. The molecule has 0 aromatic heterocycles. The molecule has 0 saturated carbocycles. The van der Waals surface area contributed by atoms with Gasteiger partial charge in [0.15, 0.2) is 0 Å². The summed E-state index contributed by atoms with van der Waals surface area (Å²) < 4.78 is 0. The van der Waals surface area contributed by atoms with Crippen LogP contribution in [-0.4, -0.2) is 22.2 Å². The quantitative estimate of drug-likeness (QED) is 0.231. The fraction of sp³-hybridized carbons (Fsp3) is 0.923. The van der Waals surface area contributed by atoms with Crippen molar-refractivity contribution >= 4 is 11.9 Å². The van der Waals surface area contributed by atoms with Crippen molar-refractivity contribution in [1.29, 1.82) is 0 Å². The van der Waals surface area contributed by atoms with Crippen molar-refractivity contribution < 1.29 is 19.8 Å². The third-order valence-electron chi connectivity index (χ3n) is 6.37. The third-order valence-corrected chi connectivity index (χ3v) is 6.37. The van der Waals surface area contributed by atoms with Gasteiger partial charge < -0.3 is 10.2 Å². The van der Waals surface area contributed by atoms with E-state index in [0.717, 1.165) is 32.1 Å². The van der Waals surface area contributed by atoms with Crippen LogP contribution < -0.4 is 0 Å². The number of carboxylic acids is 2. The zero-order valence-corrected chi connectivity index (χ0v) is 20.8. The summed E-state index contributed by atoms with van der Waals surface area (Å²) in [5.74, 6) is -1.43. The minimum Gasteiger partial charge on any atom is -0.481 e. The first-order chi connectivity index (χ1) is 13.9. The number of hydrogen-bond acceptors (Lipinski definition) is 2. The van der Waals surface area contributed by atoms with E-state index in [9.17, 15) is 14.7 Å². The van der Waals surface area contributed by atoms with Gasteiger partial charge in [-0.2, -0.15) is 0 Å². The number of hydrogen-bond donors (Lipinski definition) is 2. The molecule has 2 unspecified atom stereocenters. The van der Waals surface area contributed by atoms with E-state index in [1.165, 1.54) is 51.4 Å². The summed E-state index contributed by atoms with van der Waals surface area (Å²) in [6.45, 7) is 12.7. The normalized spacial score (nSPS) is 14.5. The maximum Gasteiger partial charge on any atom is 0.307 e. The summed E-state index contributed by atoms with van der Waals surface area (Å²) in [6, 6.07) is 0. The van der Waals surface area contributed by atoms with Crippen LogP contribution in [0.1, 0.15) is 131 Å². The van der Waals surface area contributed by atoms with Crippen LogP contribution in [0, 0.1) is 22.7 Å². The van der Waals surface area contributed by atoms with Crippen molar-refractivity contribution in [3.63, 3.8) is 0 Å².